The van der Waals surface area contributed by atoms with Gasteiger partial charge in [-0.05, 0) is 37.0 Å². The molecule has 0 aliphatic heterocycles. The van der Waals surface area contributed by atoms with E-state index in [0.717, 1.165) is 75.5 Å². The largest absolute Gasteiger partial charge is 0.462 e. The number of hydrogen-bond donors (Lipinski definition) is 0. The quantitative estimate of drug-likeness (QED) is 0.0349. The second kappa shape index (κ2) is 40.6. The summed E-state index contributed by atoms with van der Waals surface area (Å²) in [5.41, 5.74) is 0. The van der Waals surface area contributed by atoms with Crippen molar-refractivity contribution >= 4 is 17.9 Å². The van der Waals surface area contributed by atoms with Gasteiger partial charge < -0.3 is 14.2 Å². The lowest BCUT2D eigenvalue weighted by Gasteiger charge is -2.18. The number of carbonyl (C=O) groups is 3. The summed E-state index contributed by atoms with van der Waals surface area (Å²) in [6.07, 6.45) is 38.2. The molecule has 0 aromatic carbocycles. The molecular weight excluding hydrogens is 685 g/mol. The number of carbonyl (C=O) groups excluding carboxylic acids is 3. The monoisotopic (exact) mass is 779 g/mol. The van der Waals surface area contributed by atoms with Gasteiger partial charge in [0.15, 0.2) is 6.10 Å². The maximum Gasteiger partial charge on any atom is 0.306 e. The molecule has 0 spiro atoms. The van der Waals surface area contributed by atoms with Gasteiger partial charge in [-0.1, -0.05) is 221 Å². The predicted molar refractivity (Wildman–Crippen MR) is 233 cm³/mol. The van der Waals surface area contributed by atoms with Crippen LogP contribution in [0.4, 0.5) is 0 Å². The molecule has 0 aliphatic carbocycles. The molecule has 0 rings (SSSR count). The van der Waals surface area contributed by atoms with Crippen molar-refractivity contribution < 1.29 is 28.6 Å². The van der Waals surface area contributed by atoms with Crippen molar-refractivity contribution in [1.29, 1.82) is 0 Å². The summed E-state index contributed by atoms with van der Waals surface area (Å²) in [5.74, 6) is 1.54. The van der Waals surface area contributed by atoms with Crippen LogP contribution in [0.3, 0.4) is 0 Å². The molecule has 0 amide bonds. The van der Waals surface area contributed by atoms with Crippen LogP contribution in [-0.4, -0.2) is 37.2 Å². The average molecular weight is 779 g/mol. The molecule has 0 radical (unpaired) electrons. The van der Waals surface area contributed by atoms with Crippen LogP contribution in [0.15, 0.2) is 0 Å². The maximum absolute atomic E-state index is 12.7. The number of esters is 3. The maximum atomic E-state index is 12.7. The summed E-state index contributed by atoms with van der Waals surface area (Å²) in [6.45, 7) is 13.6. The minimum absolute atomic E-state index is 0.0663. The van der Waals surface area contributed by atoms with Crippen molar-refractivity contribution in [3.8, 4) is 0 Å². The molecule has 0 saturated carbocycles. The summed E-state index contributed by atoms with van der Waals surface area (Å²) >= 11 is 0. The third-order valence-corrected chi connectivity index (χ3v) is 10.9. The van der Waals surface area contributed by atoms with Crippen molar-refractivity contribution in [1.82, 2.24) is 0 Å². The molecule has 0 unspecified atom stereocenters. The van der Waals surface area contributed by atoms with Crippen LogP contribution in [0.2, 0.25) is 0 Å². The number of unbranched alkanes of at least 4 members (excludes halogenated alkanes) is 25. The Morgan fingerprint density at radius 2 is 0.527 bits per heavy atom. The fourth-order valence-corrected chi connectivity index (χ4v) is 7.23. The van der Waals surface area contributed by atoms with Gasteiger partial charge in [0.05, 0.1) is 0 Å². The highest BCUT2D eigenvalue weighted by Crippen LogP contribution is 2.17. The van der Waals surface area contributed by atoms with E-state index < -0.39 is 6.10 Å². The number of rotatable bonds is 42. The fourth-order valence-electron chi connectivity index (χ4n) is 7.23. The van der Waals surface area contributed by atoms with Crippen molar-refractivity contribution in [3.05, 3.63) is 0 Å². The Kier molecular flexibility index (Phi) is 39.4. The first-order chi connectivity index (χ1) is 26.6. The van der Waals surface area contributed by atoms with E-state index in [2.05, 4.69) is 41.5 Å². The van der Waals surface area contributed by atoms with Crippen LogP contribution in [0.5, 0.6) is 0 Å². The van der Waals surface area contributed by atoms with Gasteiger partial charge in [0.2, 0.25) is 0 Å². The Labute approximate surface area is 342 Å². The molecule has 326 valence electrons. The number of hydrogen-bond acceptors (Lipinski definition) is 6. The van der Waals surface area contributed by atoms with Crippen LogP contribution in [0.1, 0.15) is 260 Å². The Bertz CT molecular complexity index is 852. The lowest BCUT2D eigenvalue weighted by molar-refractivity contribution is -0.167. The highest BCUT2D eigenvalue weighted by atomic mass is 16.6. The highest BCUT2D eigenvalue weighted by Gasteiger charge is 2.19. The van der Waals surface area contributed by atoms with Gasteiger partial charge in [-0.15, -0.1) is 0 Å². The number of ether oxygens (including phenoxy) is 3. The second-order valence-corrected chi connectivity index (χ2v) is 18.2. The Hall–Kier alpha value is -1.59. The van der Waals surface area contributed by atoms with Gasteiger partial charge >= 0.3 is 17.9 Å². The van der Waals surface area contributed by atoms with E-state index in [9.17, 15) is 14.4 Å². The fraction of sp³-hybridized carbons (Fsp3) is 0.939. The van der Waals surface area contributed by atoms with Crippen LogP contribution in [0, 0.1) is 17.8 Å². The van der Waals surface area contributed by atoms with Gasteiger partial charge in [0.25, 0.3) is 0 Å². The summed E-state index contributed by atoms with van der Waals surface area (Å²) < 4.78 is 16.7. The molecule has 0 fully saturated rings. The van der Waals surface area contributed by atoms with E-state index in [-0.39, 0.29) is 31.1 Å². The SMILES string of the molecule is CC(C)CCCCCCCCCCCCCCCC(=O)OC[C@H](COC(=O)CCCCCCCCCCCC(C)C)OC(=O)CCCCCCCCC(C)C. The third-order valence-electron chi connectivity index (χ3n) is 10.9. The summed E-state index contributed by atoms with van der Waals surface area (Å²) in [5, 5.41) is 0. The molecule has 6 nitrogen and oxygen atoms in total. The molecule has 6 heteroatoms. The molecular formula is C49H94O6. The Balaban J connectivity index is 4.27. The molecule has 0 aromatic heterocycles. The first kappa shape index (κ1) is 53.4. The molecule has 1 atom stereocenters. The minimum Gasteiger partial charge on any atom is -0.462 e. The lowest BCUT2D eigenvalue weighted by Crippen LogP contribution is -2.30. The van der Waals surface area contributed by atoms with E-state index in [0.29, 0.717) is 19.3 Å². The molecule has 0 bridgehead atoms. The Morgan fingerprint density at radius 1 is 0.309 bits per heavy atom. The van der Waals surface area contributed by atoms with Gasteiger partial charge in [-0.3, -0.25) is 14.4 Å². The van der Waals surface area contributed by atoms with Crippen molar-refractivity contribution in [2.45, 2.75) is 266 Å². The van der Waals surface area contributed by atoms with E-state index in [1.54, 1.807) is 0 Å². The van der Waals surface area contributed by atoms with E-state index in [1.807, 2.05) is 0 Å². The summed E-state index contributed by atoms with van der Waals surface area (Å²) in [4.78, 5) is 37.7. The first-order valence-electron chi connectivity index (χ1n) is 24.1. The smallest absolute Gasteiger partial charge is 0.306 e. The van der Waals surface area contributed by atoms with Crippen molar-refractivity contribution in [3.63, 3.8) is 0 Å². The molecule has 0 aromatic rings. The topological polar surface area (TPSA) is 78.9 Å². The zero-order valence-corrected chi connectivity index (χ0v) is 37.7. The normalized spacial score (nSPS) is 12.2. The van der Waals surface area contributed by atoms with Crippen LogP contribution < -0.4 is 0 Å². The van der Waals surface area contributed by atoms with Crippen LogP contribution >= 0.6 is 0 Å². The van der Waals surface area contributed by atoms with Crippen LogP contribution in [0.25, 0.3) is 0 Å². The zero-order chi connectivity index (χ0) is 40.6. The zero-order valence-electron chi connectivity index (χ0n) is 37.7. The van der Waals surface area contributed by atoms with Gasteiger partial charge in [-0.25, -0.2) is 0 Å². The Morgan fingerprint density at radius 3 is 0.782 bits per heavy atom. The van der Waals surface area contributed by atoms with Gasteiger partial charge in [0, 0.05) is 19.3 Å². The van der Waals surface area contributed by atoms with E-state index >= 15 is 0 Å². The van der Waals surface area contributed by atoms with Gasteiger partial charge in [-0.2, -0.15) is 0 Å². The molecule has 0 aliphatic rings. The molecule has 0 saturated heterocycles. The first-order valence-corrected chi connectivity index (χ1v) is 24.1. The van der Waals surface area contributed by atoms with Gasteiger partial charge in [0.1, 0.15) is 13.2 Å². The molecule has 0 heterocycles. The lowest BCUT2D eigenvalue weighted by atomic mass is 10.0. The minimum atomic E-state index is -0.762. The summed E-state index contributed by atoms with van der Waals surface area (Å²) in [7, 11) is 0. The summed E-state index contributed by atoms with van der Waals surface area (Å²) in [6, 6.07) is 0. The third kappa shape index (κ3) is 43.4. The molecule has 55 heavy (non-hydrogen) atoms. The van der Waals surface area contributed by atoms with Crippen LogP contribution in [-0.2, 0) is 28.6 Å². The van der Waals surface area contributed by atoms with Crippen molar-refractivity contribution in [2.75, 3.05) is 13.2 Å². The average Bonchev–Trinajstić information content (AvgIpc) is 3.13. The second-order valence-electron chi connectivity index (χ2n) is 18.2. The van der Waals surface area contributed by atoms with E-state index in [4.69, 9.17) is 14.2 Å². The predicted octanol–water partition coefficient (Wildman–Crippen LogP) is 15.2. The standard InChI is InChI=1S/C49H94O6/c1-43(2)35-29-23-17-13-10-8-7-9-11-15-19-26-32-38-47(50)53-41-46(55-49(52)40-34-28-22-21-25-31-37-45(5)6)42-54-48(51)39-33-27-20-16-12-14-18-24-30-36-44(3)4/h43-46H,7-42H2,1-6H3/t46-/m1/s1. The highest BCUT2D eigenvalue weighted by molar-refractivity contribution is 5.71. The molecule has 0 N–H and O–H groups in total. The van der Waals surface area contributed by atoms with E-state index in [1.165, 1.54) is 141 Å². The van der Waals surface area contributed by atoms with Crippen molar-refractivity contribution in [2.24, 2.45) is 17.8 Å².